The third kappa shape index (κ3) is 4.22. The number of aliphatic carboxylic acids is 1. The first-order valence-corrected chi connectivity index (χ1v) is 6.63. The number of nitrogens with one attached hydrogen (secondary N) is 2. The molecule has 1 aliphatic rings. The van der Waals surface area contributed by atoms with Crippen LogP contribution in [0.3, 0.4) is 0 Å². The van der Waals surface area contributed by atoms with Crippen molar-refractivity contribution in [2.75, 3.05) is 6.54 Å². The molecule has 0 radical (unpaired) electrons. The number of hydrogen-bond acceptors (Lipinski definition) is 3. The number of carbonyl (C=O) groups excluding carboxylic acids is 2. The third-order valence-electron chi connectivity index (χ3n) is 3.76. The van der Waals surface area contributed by atoms with E-state index in [0.29, 0.717) is 12.8 Å². The van der Waals surface area contributed by atoms with Gasteiger partial charge < -0.3 is 15.7 Å². The van der Waals surface area contributed by atoms with Gasteiger partial charge in [0.2, 0.25) is 11.8 Å². The van der Waals surface area contributed by atoms with Crippen LogP contribution in [0.4, 0.5) is 0 Å². The second kappa shape index (κ2) is 6.54. The molecular formula is C13H22N2O4. The molecule has 0 aromatic heterocycles. The predicted molar refractivity (Wildman–Crippen MR) is 69.4 cm³/mol. The zero-order chi connectivity index (χ0) is 14.5. The number of rotatable bonds is 5. The highest BCUT2D eigenvalue weighted by atomic mass is 16.4. The Balaban J connectivity index is 2.51. The fourth-order valence-corrected chi connectivity index (χ4v) is 2.44. The molecule has 3 N–H and O–H groups in total. The van der Waals surface area contributed by atoms with E-state index in [1.54, 1.807) is 6.92 Å². The maximum atomic E-state index is 11.7. The highest BCUT2D eigenvalue weighted by Gasteiger charge is 2.43. The normalized spacial score (nSPS) is 26.5. The maximum absolute atomic E-state index is 11.7. The Kier molecular flexibility index (Phi) is 5.32. The van der Waals surface area contributed by atoms with Crippen LogP contribution in [0.25, 0.3) is 0 Å². The van der Waals surface area contributed by atoms with Gasteiger partial charge in [0, 0.05) is 25.9 Å². The van der Waals surface area contributed by atoms with Crippen LogP contribution in [-0.4, -0.2) is 35.5 Å². The fourth-order valence-electron chi connectivity index (χ4n) is 2.44. The third-order valence-corrected chi connectivity index (χ3v) is 3.76. The lowest BCUT2D eigenvalue weighted by atomic mass is 9.71. The van der Waals surface area contributed by atoms with E-state index in [9.17, 15) is 19.5 Å². The molecule has 0 spiro atoms. The molecule has 0 heterocycles. The van der Waals surface area contributed by atoms with Crippen LogP contribution in [0.1, 0.15) is 46.0 Å². The summed E-state index contributed by atoms with van der Waals surface area (Å²) in [5.74, 6) is -1.26. The molecule has 1 saturated carbocycles. The molecular weight excluding hydrogens is 248 g/mol. The molecule has 0 aromatic carbocycles. The standard InChI is InChI=1S/C13H22N2O4/c1-9(16)14-8-6-11(17)15-10-5-3-4-7-13(10,2)12(18)19/h10H,3-8H2,1-2H3,(H,14,16)(H,15,17)(H,18,19). The van der Waals surface area contributed by atoms with Gasteiger partial charge in [0.05, 0.1) is 5.41 Å². The average molecular weight is 270 g/mol. The van der Waals surface area contributed by atoms with Crippen LogP contribution in [0, 0.1) is 5.41 Å². The summed E-state index contributed by atoms with van der Waals surface area (Å²) in [5.41, 5.74) is -0.887. The van der Waals surface area contributed by atoms with E-state index in [1.165, 1.54) is 6.92 Å². The molecule has 1 fully saturated rings. The minimum Gasteiger partial charge on any atom is -0.481 e. The van der Waals surface area contributed by atoms with Crippen LogP contribution in [0.5, 0.6) is 0 Å². The van der Waals surface area contributed by atoms with E-state index >= 15 is 0 Å². The second-order valence-corrected chi connectivity index (χ2v) is 5.32. The molecule has 19 heavy (non-hydrogen) atoms. The molecule has 0 saturated heterocycles. The zero-order valence-corrected chi connectivity index (χ0v) is 11.5. The van der Waals surface area contributed by atoms with Crippen molar-refractivity contribution in [3.63, 3.8) is 0 Å². The van der Waals surface area contributed by atoms with E-state index in [1.807, 2.05) is 0 Å². The molecule has 6 heteroatoms. The number of carbonyl (C=O) groups is 3. The van der Waals surface area contributed by atoms with Crippen molar-refractivity contribution in [3.8, 4) is 0 Å². The van der Waals surface area contributed by atoms with Gasteiger partial charge in [0.25, 0.3) is 0 Å². The van der Waals surface area contributed by atoms with E-state index < -0.39 is 11.4 Å². The Morgan fingerprint density at radius 3 is 2.58 bits per heavy atom. The second-order valence-electron chi connectivity index (χ2n) is 5.32. The average Bonchev–Trinajstić information content (AvgIpc) is 2.31. The van der Waals surface area contributed by atoms with Crippen molar-refractivity contribution in [1.29, 1.82) is 0 Å². The van der Waals surface area contributed by atoms with E-state index in [4.69, 9.17) is 0 Å². The number of carboxylic acid groups (broad SMARTS) is 1. The number of carboxylic acids is 1. The summed E-state index contributed by atoms with van der Waals surface area (Å²) in [7, 11) is 0. The molecule has 0 aromatic rings. The molecule has 108 valence electrons. The minimum absolute atomic E-state index is 0.172. The lowest BCUT2D eigenvalue weighted by molar-refractivity contribution is -0.152. The molecule has 0 bridgehead atoms. The van der Waals surface area contributed by atoms with Crippen molar-refractivity contribution < 1.29 is 19.5 Å². The fraction of sp³-hybridized carbons (Fsp3) is 0.769. The lowest BCUT2D eigenvalue weighted by Crippen LogP contribution is -2.52. The first-order chi connectivity index (χ1) is 8.86. The summed E-state index contributed by atoms with van der Waals surface area (Å²) in [6, 6.07) is -0.330. The predicted octanol–water partition coefficient (Wildman–Crippen LogP) is 0.662. The van der Waals surface area contributed by atoms with Crippen molar-refractivity contribution in [2.45, 2.75) is 52.0 Å². The first kappa shape index (κ1) is 15.5. The van der Waals surface area contributed by atoms with Gasteiger partial charge in [-0.25, -0.2) is 0 Å². The molecule has 0 aliphatic heterocycles. The Bertz CT molecular complexity index is 370. The molecule has 1 rings (SSSR count). The smallest absolute Gasteiger partial charge is 0.311 e. The summed E-state index contributed by atoms with van der Waals surface area (Å²) >= 11 is 0. The van der Waals surface area contributed by atoms with Gasteiger partial charge in [-0.2, -0.15) is 0 Å². The van der Waals surface area contributed by atoms with Crippen LogP contribution in [-0.2, 0) is 14.4 Å². The van der Waals surface area contributed by atoms with E-state index in [-0.39, 0.29) is 30.8 Å². The Labute approximate surface area is 112 Å². The molecule has 6 nitrogen and oxygen atoms in total. The van der Waals surface area contributed by atoms with Gasteiger partial charge in [-0.1, -0.05) is 12.8 Å². The Hall–Kier alpha value is -1.59. The highest BCUT2D eigenvalue weighted by molar-refractivity contribution is 5.80. The first-order valence-electron chi connectivity index (χ1n) is 6.63. The molecule has 1 aliphatic carbocycles. The van der Waals surface area contributed by atoms with E-state index in [2.05, 4.69) is 10.6 Å². The summed E-state index contributed by atoms with van der Waals surface area (Å²) in [6.07, 6.45) is 3.25. The van der Waals surface area contributed by atoms with Crippen molar-refractivity contribution in [3.05, 3.63) is 0 Å². The Morgan fingerprint density at radius 2 is 2.00 bits per heavy atom. The van der Waals surface area contributed by atoms with Gasteiger partial charge in [-0.15, -0.1) is 0 Å². The quantitative estimate of drug-likeness (QED) is 0.684. The number of amides is 2. The van der Waals surface area contributed by atoms with Crippen molar-refractivity contribution in [2.24, 2.45) is 5.41 Å². The van der Waals surface area contributed by atoms with Gasteiger partial charge in [-0.05, 0) is 19.8 Å². The summed E-state index contributed by atoms with van der Waals surface area (Å²) in [5, 5.41) is 14.7. The van der Waals surface area contributed by atoms with Crippen molar-refractivity contribution in [1.82, 2.24) is 10.6 Å². The van der Waals surface area contributed by atoms with Gasteiger partial charge in [-0.3, -0.25) is 14.4 Å². The molecule has 2 atom stereocenters. The van der Waals surface area contributed by atoms with Crippen LogP contribution < -0.4 is 10.6 Å². The molecule has 2 amide bonds. The highest BCUT2D eigenvalue weighted by Crippen LogP contribution is 2.36. The largest absolute Gasteiger partial charge is 0.481 e. The topological polar surface area (TPSA) is 95.5 Å². The summed E-state index contributed by atoms with van der Waals surface area (Å²) < 4.78 is 0. The SMILES string of the molecule is CC(=O)NCCC(=O)NC1CCCCC1(C)C(=O)O. The zero-order valence-electron chi connectivity index (χ0n) is 11.5. The minimum atomic E-state index is -0.887. The monoisotopic (exact) mass is 270 g/mol. The van der Waals surface area contributed by atoms with Crippen molar-refractivity contribution >= 4 is 17.8 Å². The Morgan fingerprint density at radius 1 is 1.32 bits per heavy atom. The van der Waals surface area contributed by atoms with Gasteiger partial charge >= 0.3 is 5.97 Å². The summed E-state index contributed by atoms with van der Waals surface area (Å²) in [4.78, 5) is 33.8. The van der Waals surface area contributed by atoms with Gasteiger partial charge in [0.15, 0.2) is 0 Å². The maximum Gasteiger partial charge on any atom is 0.311 e. The van der Waals surface area contributed by atoms with Crippen LogP contribution in [0.15, 0.2) is 0 Å². The molecule has 2 unspecified atom stereocenters. The van der Waals surface area contributed by atoms with Crippen LogP contribution in [0.2, 0.25) is 0 Å². The van der Waals surface area contributed by atoms with E-state index in [0.717, 1.165) is 12.8 Å². The van der Waals surface area contributed by atoms with Crippen LogP contribution >= 0.6 is 0 Å². The van der Waals surface area contributed by atoms with Gasteiger partial charge in [0.1, 0.15) is 0 Å². The lowest BCUT2D eigenvalue weighted by Gasteiger charge is -2.38. The number of hydrogen-bond donors (Lipinski definition) is 3. The summed E-state index contributed by atoms with van der Waals surface area (Å²) in [6.45, 7) is 3.35.